The first kappa shape index (κ1) is 11.7. The number of rotatable bonds is 1. The zero-order valence-electron chi connectivity index (χ0n) is 11.0. The molecule has 3 nitrogen and oxygen atoms in total. The third-order valence-electron chi connectivity index (χ3n) is 3.35. The van der Waals surface area contributed by atoms with Crippen molar-refractivity contribution in [2.75, 3.05) is 5.73 Å². The van der Waals surface area contributed by atoms with Crippen LogP contribution in [0.1, 0.15) is 11.3 Å². The molecule has 0 amide bonds. The van der Waals surface area contributed by atoms with E-state index in [2.05, 4.69) is 4.98 Å². The van der Waals surface area contributed by atoms with Crippen LogP contribution in [-0.4, -0.2) is 9.97 Å². The first-order valence-electron chi connectivity index (χ1n) is 6.25. The van der Waals surface area contributed by atoms with Crippen molar-refractivity contribution in [2.45, 2.75) is 13.8 Å². The molecule has 1 aromatic heterocycles. The van der Waals surface area contributed by atoms with Crippen molar-refractivity contribution in [1.82, 2.24) is 9.97 Å². The lowest BCUT2D eigenvalue weighted by atomic mass is 10.1. The Labute approximate surface area is 112 Å². The molecule has 0 bridgehead atoms. The van der Waals surface area contributed by atoms with Crippen LogP contribution in [0.3, 0.4) is 0 Å². The van der Waals surface area contributed by atoms with Crippen LogP contribution in [-0.2, 0) is 0 Å². The van der Waals surface area contributed by atoms with E-state index in [1.807, 2.05) is 56.3 Å². The summed E-state index contributed by atoms with van der Waals surface area (Å²) in [5, 5.41) is 0. The van der Waals surface area contributed by atoms with Crippen LogP contribution in [0.5, 0.6) is 0 Å². The number of hydrogen-bond donors (Lipinski definition) is 1. The standard InChI is InChI=1S/C16H15N3/c1-10-13(17)8-9-14-15(10)19-16(11(2)18-14)12-6-4-3-5-7-12/h3-9H,17H2,1-2H3. The van der Waals surface area contributed by atoms with E-state index < -0.39 is 0 Å². The number of nitrogens with zero attached hydrogens (tertiary/aromatic N) is 2. The Kier molecular flexibility index (Phi) is 2.67. The van der Waals surface area contributed by atoms with Crippen molar-refractivity contribution in [3.8, 4) is 11.3 Å². The monoisotopic (exact) mass is 249 g/mol. The SMILES string of the molecule is Cc1nc2ccc(N)c(C)c2nc1-c1ccccc1. The predicted molar refractivity (Wildman–Crippen MR) is 78.9 cm³/mol. The first-order chi connectivity index (χ1) is 9.16. The van der Waals surface area contributed by atoms with E-state index in [-0.39, 0.29) is 0 Å². The number of aromatic nitrogens is 2. The minimum atomic E-state index is 0.754. The lowest BCUT2D eigenvalue weighted by Crippen LogP contribution is -1.98. The molecule has 2 aromatic carbocycles. The summed E-state index contributed by atoms with van der Waals surface area (Å²) < 4.78 is 0. The predicted octanol–water partition coefficient (Wildman–Crippen LogP) is 3.50. The Morgan fingerprint density at radius 1 is 0.895 bits per heavy atom. The van der Waals surface area contributed by atoms with Gasteiger partial charge in [-0.25, -0.2) is 9.97 Å². The van der Waals surface area contributed by atoms with Gasteiger partial charge in [0.05, 0.1) is 22.4 Å². The van der Waals surface area contributed by atoms with E-state index in [1.54, 1.807) is 0 Å². The van der Waals surface area contributed by atoms with E-state index in [0.29, 0.717) is 0 Å². The summed E-state index contributed by atoms with van der Waals surface area (Å²) in [6.07, 6.45) is 0. The minimum Gasteiger partial charge on any atom is -0.398 e. The highest BCUT2D eigenvalue weighted by Crippen LogP contribution is 2.26. The number of nitrogen functional groups attached to an aromatic ring is 1. The van der Waals surface area contributed by atoms with Crippen LogP contribution in [0.4, 0.5) is 5.69 Å². The van der Waals surface area contributed by atoms with Gasteiger partial charge >= 0.3 is 0 Å². The fourth-order valence-corrected chi connectivity index (χ4v) is 2.23. The molecule has 3 rings (SSSR count). The quantitative estimate of drug-likeness (QED) is 0.671. The average Bonchev–Trinajstić information content (AvgIpc) is 2.44. The Hall–Kier alpha value is -2.42. The van der Waals surface area contributed by atoms with Crippen LogP contribution in [0, 0.1) is 13.8 Å². The molecule has 3 heteroatoms. The van der Waals surface area contributed by atoms with Gasteiger partial charge in [0.1, 0.15) is 0 Å². The van der Waals surface area contributed by atoms with Crippen molar-refractivity contribution in [3.05, 3.63) is 53.7 Å². The number of hydrogen-bond acceptors (Lipinski definition) is 3. The highest BCUT2D eigenvalue weighted by atomic mass is 14.8. The lowest BCUT2D eigenvalue weighted by molar-refractivity contribution is 1.18. The number of aryl methyl sites for hydroxylation is 2. The number of anilines is 1. The molecular weight excluding hydrogens is 234 g/mol. The van der Waals surface area contributed by atoms with Gasteiger partial charge in [-0.2, -0.15) is 0 Å². The van der Waals surface area contributed by atoms with Crippen LogP contribution < -0.4 is 5.73 Å². The molecule has 0 atom stereocenters. The molecule has 3 aromatic rings. The van der Waals surface area contributed by atoms with Crippen LogP contribution >= 0.6 is 0 Å². The van der Waals surface area contributed by atoms with E-state index >= 15 is 0 Å². The molecule has 0 spiro atoms. The average molecular weight is 249 g/mol. The Morgan fingerprint density at radius 3 is 2.37 bits per heavy atom. The van der Waals surface area contributed by atoms with Crippen molar-refractivity contribution < 1.29 is 0 Å². The first-order valence-corrected chi connectivity index (χ1v) is 6.25. The Balaban J connectivity index is 2.32. The molecule has 19 heavy (non-hydrogen) atoms. The number of fused-ring (bicyclic) bond motifs is 1. The van der Waals surface area contributed by atoms with Crippen molar-refractivity contribution in [1.29, 1.82) is 0 Å². The minimum absolute atomic E-state index is 0.754. The van der Waals surface area contributed by atoms with Crippen LogP contribution in [0.25, 0.3) is 22.3 Å². The molecule has 0 aliphatic rings. The van der Waals surface area contributed by atoms with Gasteiger partial charge < -0.3 is 5.73 Å². The van der Waals surface area contributed by atoms with Crippen LogP contribution in [0.15, 0.2) is 42.5 Å². The fraction of sp³-hybridized carbons (Fsp3) is 0.125. The van der Waals surface area contributed by atoms with Gasteiger partial charge in [0.15, 0.2) is 0 Å². The molecule has 2 N–H and O–H groups in total. The summed E-state index contributed by atoms with van der Waals surface area (Å²) in [4.78, 5) is 9.40. The summed E-state index contributed by atoms with van der Waals surface area (Å²) in [5.74, 6) is 0. The van der Waals surface area contributed by atoms with E-state index in [0.717, 1.165) is 39.2 Å². The summed E-state index contributed by atoms with van der Waals surface area (Å²) >= 11 is 0. The Morgan fingerprint density at radius 2 is 1.63 bits per heavy atom. The number of benzene rings is 2. The highest BCUT2D eigenvalue weighted by molar-refractivity contribution is 5.85. The van der Waals surface area contributed by atoms with Gasteiger partial charge in [-0.3, -0.25) is 0 Å². The van der Waals surface area contributed by atoms with Crippen molar-refractivity contribution in [3.63, 3.8) is 0 Å². The van der Waals surface area contributed by atoms with Gasteiger partial charge in [-0.1, -0.05) is 30.3 Å². The molecule has 0 fully saturated rings. The zero-order chi connectivity index (χ0) is 13.4. The smallest absolute Gasteiger partial charge is 0.0944 e. The maximum Gasteiger partial charge on any atom is 0.0944 e. The fourth-order valence-electron chi connectivity index (χ4n) is 2.23. The summed E-state index contributed by atoms with van der Waals surface area (Å²) in [7, 11) is 0. The summed E-state index contributed by atoms with van der Waals surface area (Å²) in [6, 6.07) is 13.9. The summed E-state index contributed by atoms with van der Waals surface area (Å²) in [6.45, 7) is 3.97. The van der Waals surface area contributed by atoms with E-state index in [4.69, 9.17) is 10.7 Å². The van der Waals surface area contributed by atoms with Gasteiger partial charge in [0, 0.05) is 11.3 Å². The zero-order valence-corrected chi connectivity index (χ0v) is 11.0. The maximum atomic E-state index is 5.94. The van der Waals surface area contributed by atoms with Crippen molar-refractivity contribution >= 4 is 16.7 Å². The molecule has 1 heterocycles. The molecule has 94 valence electrons. The molecule has 0 radical (unpaired) electrons. The molecule has 0 aliphatic heterocycles. The third-order valence-corrected chi connectivity index (χ3v) is 3.35. The van der Waals surface area contributed by atoms with Crippen LogP contribution in [0.2, 0.25) is 0 Å². The second kappa shape index (κ2) is 4.35. The highest BCUT2D eigenvalue weighted by Gasteiger charge is 2.10. The topological polar surface area (TPSA) is 51.8 Å². The van der Waals surface area contributed by atoms with E-state index in [9.17, 15) is 0 Å². The van der Waals surface area contributed by atoms with E-state index in [1.165, 1.54) is 0 Å². The van der Waals surface area contributed by atoms with Gasteiger partial charge in [-0.15, -0.1) is 0 Å². The summed E-state index contributed by atoms with van der Waals surface area (Å²) in [5.41, 5.74) is 12.4. The second-order valence-electron chi connectivity index (χ2n) is 4.67. The van der Waals surface area contributed by atoms with Gasteiger partial charge in [0.2, 0.25) is 0 Å². The molecule has 0 unspecified atom stereocenters. The second-order valence-corrected chi connectivity index (χ2v) is 4.67. The number of nitrogens with two attached hydrogens (primary N) is 1. The lowest BCUT2D eigenvalue weighted by Gasteiger charge is -2.09. The van der Waals surface area contributed by atoms with Gasteiger partial charge in [0.25, 0.3) is 0 Å². The molecule has 0 aliphatic carbocycles. The Bertz CT molecular complexity index is 749. The largest absolute Gasteiger partial charge is 0.398 e. The maximum absolute atomic E-state index is 5.94. The molecule has 0 saturated carbocycles. The van der Waals surface area contributed by atoms with Crippen molar-refractivity contribution in [2.24, 2.45) is 0 Å². The van der Waals surface area contributed by atoms with Gasteiger partial charge in [-0.05, 0) is 31.5 Å². The third kappa shape index (κ3) is 1.93. The molecular formula is C16H15N3. The normalized spacial score (nSPS) is 10.8. The molecule has 0 saturated heterocycles.